The van der Waals surface area contributed by atoms with Gasteiger partial charge in [0.15, 0.2) is 0 Å². The number of hydrogen-bond acceptors (Lipinski definition) is 3. The minimum absolute atomic E-state index is 0.0555. The lowest BCUT2D eigenvalue weighted by Crippen LogP contribution is -2.41. The third-order valence-electron chi connectivity index (χ3n) is 3.42. The average molecular weight is 236 g/mol. The summed E-state index contributed by atoms with van der Waals surface area (Å²) in [5.74, 6) is -0.832. The fourth-order valence-corrected chi connectivity index (χ4v) is 2.35. The molecule has 0 aliphatic carbocycles. The first-order chi connectivity index (χ1) is 8.06. The summed E-state index contributed by atoms with van der Waals surface area (Å²) in [4.78, 5) is 11.6. The Hall–Kier alpha value is -1.55. The maximum absolute atomic E-state index is 11.6. The van der Waals surface area contributed by atoms with E-state index in [1.807, 2.05) is 6.92 Å². The van der Waals surface area contributed by atoms with Gasteiger partial charge in [-0.05, 0) is 25.8 Å². The summed E-state index contributed by atoms with van der Waals surface area (Å²) in [5, 5.41) is 19.4. The van der Waals surface area contributed by atoms with E-state index in [0.717, 1.165) is 5.56 Å². The van der Waals surface area contributed by atoms with Gasteiger partial charge in [-0.25, -0.2) is 0 Å². The van der Waals surface area contributed by atoms with Crippen LogP contribution in [0.3, 0.4) is 0 Å². The molecular weight excluding hydrogens is 220 g/mol. The van der Waals surface area contributed by atoms with Crippen LogP contribution in [0.25, 0.3) is 0 Å². The molecule has 2 rings (SSSR count). The number of aliphatic carboxylic acids is 1. The van der Waals surface area contributed by atoms with E-state index in [0.29, 0.717) is 31.6 Å². The van der Waals surface area contributed by atoms with Crippen molar-refractivity contribution in [3.05, 3.63) is 29.3 Å². The van der Waals surface area contributed by atoms with Gasteiger partial charge in [0.05, 0.1) is 0 Å². The Morgan fingerprint density at radius 2 is 2.00 bits per heavy atom. The predicted molar refractivity (Wildman–Crippen MR) is 62.2 cm³/mol. The lowest BCUT2D eigenvalue weighted by Gasteiger charge is -2.34. The molecule has 1 fully saturated rings. The van der Waals surface area contributed by atoms with E-state index in [2.05, 4.69) is 0 Å². The van der Waals surface area contributed by atoms with Crippen molar-refractivity contribution in [1.82, 2.24) is 0 Å². The number of aryl methyl sites for hydroxylation is 1. The van der Waals surface area contributed by atoms with Crippen molar-refractivity contribution in [2.24, 2.45) is 0 Å². The zero-order chi connectivity index (χ0) is 12.5. The normalized spacial score (nSPS) is 18.9. The van der Waals surface area contributed by atoms with Gasteiger partial charge in [-0.1, -0.05) is 17.7 Å². The number of ether oxygens (including phenoxy) is 1. The summed E-state index contributed by atoms with van der Waals surface area (Å²) in [6.07, 6.45) is 0.804. The van der Waals surface area contributed by atoms with Gasteiger partial charge in [-0.3, -0.25) is 4.79 Å². The number of carbonyl (C=O) groups is 1. The Kier molecular flexibility index (Phi) is 3.07. The van der Waals surface area contributed by atoms with Crippen molar-refractivity contribution in [1.29, 1.82) is 0 Å². The van der Waals surface area contributed by atoms with E-state index in [4.69, 9.17) is 4.74 Å². The number of carboxylic acids is 1. The molecule has 0 aromatic heterocycles. The number of phenols is 1. The molecule has 0 spiro atoms. The highest BCUT2D eigenvalue weighted by molar-refractivity contribution is 5.82. The lowest BCUT2D eigenvalue weighted by molar-refractivity contribution is -0.147. The van der Waals surface area contributed by atoms with Crippen LogP contribution in [0.1, 0.15) is 24.0 Å². The lowest BCUT2D eigenvalue weighted by atomic mass is 9.73. The smallest absolute Gasteiger partial charge is 0.314 e. The first kappa shape index (κ1) is 11.9. The molecule has 1 aromatic rings. The Bertz CT molecular complexity index is 433. The molecule has 0 bridgehead atoms. The van der Waals surface area contributed by atoms with Gasteiger partial charge in [0.1, 0.15) is 11.2 Å². The van der Waals surface area contributed by atoms with E-state index in [-0.39, 0.29) is 5.75 Å². The molecule has 1 aliphatic heterocycles. The van der Waals surface area contributed by atoms with Gasteiger partial charge < -0.3 is 14.9 Å². The highest BCUT2D eigenvalue weighted by Crippen LogP contribution is 2.40. The molecule has 1 aliphatic rings. The molecule has 0 amide bonds. The Morgan fingerprint density at radius 1 is 1.35 bits per heavy atom. The van der Waals surface area contributed by atoms with Gasteiger partial charge in [-0.15, -0.1) is 0 Å². The van der Waals surface area contributed by atoms with Crippen LogP contribution in [0.4, 0.5) is 0 Å². The Labute approximate surface area is 99.8 Å². The van der Waals surface area contributed by atoms with Crippen LogP contribution in [0, 0.1) is 6.92 Å². The monoisotopic (exact) mass is 236 g/mol. The molecule has 1 aromatic carbocycles. The largest absolute Gasteiger partial charge is 0.508 e. The van der Waals surface area contributed by atoms with Crippen LogP contribution in [0.15, 0.2) is 18.2 Å². The number of aromatic hydroxyl groups is 1. The summed E-state index contributed by atoms with van der Waals surface area (Å²) in [5.41, 5.74) is 0.451. The highest BCUT2D eigenvalue weighted by Gasteiger charge is 2.43. The van der Waals surface area contributed by atoms with Crippen LogP contribution >= 0.6 is 0 Å². The summed E-state index contributed by atoms with van der Waals surface area (Å²) in [7, 11) is 0. The number of rotatable bonds is 2. The first-order valence-electron chi connectivity index (χ1n) is 5.67. The second kappa shape index (κ2) is 4.37. The van der Waals surface area contributed by atoms with E-state index in [9.17, 15) is 15.0 Å². The molecule has 4 heteroatoms. The zero-order valence-corrected chi connectivity index (χ0v) is 9.77. The number of phenolic OH excluding ortho intramolecular Hbond substituents is 1. The zero-order valence-electron chi connectivity index (χ0n) is 9.77. The highest BCUT2D eigenvalue weighted by atomic mass is 16.5. The number of benzene rings is 1. The molecule has 0 unspecified atom stereocenters. The van der Waals surface area contributed by atoms with Crippen molar-refractivity contribution in [3.63, 3.8) is 0 Å². The van der Waals surface area contributed by atoms with Crippen molar-refractivity contribution < 1.29 is 19.7 Å². The molecule has 0 radical (unpaired) electrons. The quantitative estimate of drug-likeness (QED) is 0.822. The van der Waals surface area contributed by atoms with E-state index in [1.54, 1.807) is 18.2 Å². The van der Waals surface area contributed by atoms with Crippen molar-refractivity contribution >= 4 is 5.97 Å². The van der Waals surface area contributed by atoms with Crippen LogP contribution in [-0.4, -0.2) is 29.4 Å². The second-order valence-corrected chi connectivity index (χ2v) is 4.52. The SMILES string of the molecule is Cc1ccc(O)c(C2(C(=O)O)CCOCC2)c1. The second-order valence-electron chi connectivity index (χ2n) is 4.52. The average Bonchev–Trinajstić information content (AvgIpc) is 2.33. The molecule has 1 heterocycles. The fraction of sp³-hybridized carbons (Fsp3) is 0.462. The summed E-state index contributed by atoms with van der Waals surface area (Å²) >= 11 is 0. The molecule has 4 nitrogen and oxygen atoms in total. The maximum atomic E-state index is 11.6. The summed E-state index contributed by atoms with van der Waals surface area (Å²) in [6.45, 7) is 2.72. The topological polar surface area (TPSA) is 66.8 Å². The standard InChI is InChI=1S/C13H16O4/c1-9-2-3-11(14)10(8-9)13(12(15)16)4-6-17-7-5-13/h2-3,8,14H,4-7H2,1H3,(H,15,16). The Balaban J connectivity index is 2.52. The van der Waals surface area contributed by atoms with Crippen LogP contribution in [0.5, 0.6) is 5.75 Å². The predicted octanol–water partition coefficient (Wildman–Crippen LogP) is 1.83. The Morgan fingerprint density at radius 3 is 2.59 bits per heavy atom. The van der Waals surface area contributed by atoms with Gasteiger partial charge >= 0.3 is 5.97 Å². The minimum Gasteiger partial charge on any atom is -0.508 e. The molecule has 17 heavy (non-hydrogen) atoms. The van der Waals surface area contributed by atoms with Gasteiger partial charge in [0.2, 0.25) is 0 Å². The van der Waals surface area contributed by atoms with Crippen LogP contribution in [-0.2, 0) is 14.9 Å². The van der Waals surface area contributed by atoms with Crippen molar-refractivity contribution in [3.8, 4) is 5.75 Å². The van der Waals surface area contributed by atoms with E-state index in [1.165, 1.54) is 0 Å². The molecule has 0 saturated carbocycles. The fourth-order valence-electron chi connectivity index (χ4n) is 2.35. The summed E-state index contributed by atoms with van der Waals surface area (Å²) in [6, 6.07) is 5.09. The first-order valence-corrected chi connectivity index (χ1v) is 5.67. The van der Waals surface area contributed by atoms with Gasteiger partial charge in [0.25, 0.3) is 0 Å². The minimum atomic E-state index is -1.01. The molecule has 0 atom stereocenters. The third-order valence-corrected chi connectivity index (χ3v) is 3.42. The van der Waals surface area contributed by atoms with Crippen molar-refractivity contribution in [2.45, 2.75) is 25.2 Å². The molecule has 2 N–H and O–H groups in total. The van der Waals surface area contributed by atoms with Crippen LogP contribution in [0.2, 0.25) is 0 Å². The number of hydrogen-bond donors (Lipinski definition) is 2. The summed E-state index contributed by atoms with van der Waals surface area (Å²) < 4.78 is 5.22. The van der Waals surface area contributed by atoms with Gasteiger partial charge in [0, 0.05) is 18.8 Å². The van der Waals surface area contributed by atoms with E-state index < -0.39 is 11.4 Å². The molecular formula is C13H16O4. The maximum Gasteiger partial charge on any atom is 0.314 e. The molecule has 92 valence electrons. The van der Waals surface area contributed by atoms with Gasteiger partial charge in [-0.2, -0.15) is 0 Å². The van der Waals surface area contributed by atoms with Crippen LogP contribution < -0.4 is 0 Å². The van der Waals surface area contributed by atoms with Crippen molar-refractivity contribution in [2.75, 3.05) is 13.2 Å². The van der Waals surface area contributed by atoms with E-state index >= 15 is 0 Å². The third kappa shape index (κ3) is 2.00. The number of carboxylic acid groups (broad SMARTS) is 1. The molecule has 1 saturated heterocycles.